The Bertz CT molecular complexity index is 1530. The second kappa shape index (κ2) is 10.3. The van der Waals surface area contributed by atoms with Gasteiger partial charge in [0.15, 0.2) is 0 Å². The average Bonchev–Trinajstić information content (AvgIpc) is 3.35. The Kier molecular flexibility index (Phi) is 6.60. The number of methoxy groups -OCH3 is 1. The van der Waals surface area contributed by atoms with Gasteiger partial charge in [-0.15, -0.1) is 0 Å². The molecule has 0 N–H and O–H groups in total. The predicted octanol–water partition coefficient (Wildman–Crippen LogP) is 4.59. The SMILES string of the molecule is COc1ccc(-c2nn(CCC#N)cc2/C=C2/C(=O)N(Cc3ccccn3)C(=O)c3ccccc32)cc1. The highest BCUT2D eigenvalue weighted by Crippen LogP contribution is 2.33. The monoisotopic (exact) mass is 489 g/mol. The number of ether oxygens (including phenoxy) is 1. The van der Waals surface area contributed by atoms with Crippen LogP contribution >= 0.6 is 0 Å². The predicted molar refractivity (Wildman–Crippen MR) is 138 cm³/mol. The maximum Gasteiger partial charge on any atom is 0.261 e. The Balaban J connectivity index is 1.62. The van der Waals surface area contributed by atoms with Gasteiger partial charge in [0.1, 0.15) is 5.75 Å². The van der Waals surface area contributed by atoms with E-state index in [0.29, 0.717) is 52.4 Å². The fourth-order valence-corrected chi connectivity index (χ4v) is 4.29. The summed E-state index contributed by atoms with van der Waals surface area (Å²) in [4.78, 5) is 32.5. The van der Waals surface area contributed by atoms with E-state index in [2.05, 4.69) is 11.1 Å². The fourth-order valence-electron chi connectivity index (χ4n) is 4.29. The molecule has 0 spiro atoms. The van der Waals surface area contributed by atoms with Crippen molar-refractivity contribution in [2.45, 2.75) is 19.5 Å². The molecule has 0 atom stereocenters. The van der Waals surface area contributed by atoms with Crippen LogP contribution in [-0.2, 0) is 17.9 Å². The van der Waals surface area contributed by atoms with E-state index in [-0.39, 0.29) is 12.5 Å². The lowest BCUT2D eigenvalue weighted by Crippen LogP contribution is -2.41. The second-order valence-corrected chi connectivity index (χ2v) is 8.45. The number of aryl methyl sites for hydroxylation is 1. The van der Waals surface area contributed by atoms with Gasteiger partial charge in [-0.3, -0.25) is 24.2 Å². The van der Waals surface area contributed by atoms with Gasteiger partial charge in [0, 0.05) is 34.7 Å². The lowest BCUT2D eigenvalue weighted by atomic mass is 9.91. The molecule has 0 fully saturated rings. The number of nitrogens with zero attached hydrogens (tertiary/aromatic N) is 5. The van der Waals surface area contributed by atoms with E-state index >= 15 is 0 Å². The number of benzene rings is 2. The van der Waals surface area contributed by atoms with Crippen LogP contribution in [0.5, 0.6) is 5.75 Å². The summed E-state index contributed by atoms with van der Waals surface area (Å²) >= 11 is 0. The zero-order chi connectivity index (χ0) is 25.8. The first-order valence-corrected chi connectivity index (χ1v) is 11.7. The molecule has 0 bridgehead atoms. The smallest absolute Gasteiger partial charge is 0.261 e. The molecule has 0 saturated carbocycles. The van der Waals surface area contributed by atoms with E-state index in [1.807, 2.05) is 42.6 Å². The number of amides is 2. The normalized spacial score (nSPS) is 13.9. The van der Waals surface area contributed by atoms with Crippen molar-refractivity contribution in [3.63, 3.8) is 0 Å². The van der Waals surface area contributed by atoms with Crippen molar-refractivity contribution in [1.29, 1.82) is 5.26 Å². The summed E-state index contributed by atoms with van der Waals surface area (Å²) in [5.74, 6) is -0.0454. The number of pyridine rings is 1. The number of rotatable bonds is 7. The minimum absolute atomic E-state index is 0.0664. The van der Waals surface area contributed by atoms with E-state index in [0.717, 1.165) is 5.56 Å². The highest BCUT2D eigenvalue weighted by atomic mass is 16.5. The molecule has 0 radical (unpaired) electrons. The minimum atomic E-state index is -0.403. The third-order valence-electron chi connectivity index (χ3n) is 6.12. The molecule has 182 valence electrons. The third kappa shape index (κ3) is 4.75. The van der Waals surface area contributed by atoms with Crippen molar-refractivity contribution >= 4 is 23.5 Å². The summed E-state index contributed by atoms with van der Waals surface area (Å²) in [6.45, 7) is 0.481. The number of hydrogen-bond acceptors (Lipinski definition) is 6. The molecule has 0 unspecified atom stereocenters. The fraction of sp³-hybridized carbons (Fsp3) is 0.138. The number of nitriles is 1. The van der Waals surface area contributed by atoms with Crippen molar-refractivity contribution < 1.29 is 14.3 Å². The molecule has 2 aromatic heterocycles. The molecule has 2 amide bonds. The summed E-state index contributed by atoms with van der Waals surface area (Å²) in [6.07, 6.45) is 5.53. The number of carbonyl (C=O) groups excluding carboxylic acids is 2. The summed E-state index contributed by atoms with van der Waals surface area (Å²) in [5.41, 5.74) is 4.22. The maximum absolute atomic E-state index is 13.7. The maximum atomic E-state index is 13.7. The van der Waals surface area contributed by atoms with Crippen molar-refractivity contribution in [3.05, 3.63) is 102 Å². The van der Waals surface area contributed by atoms with Gasteiger partial charge in [0.05, 0.1) is 44.1 Å². The van der Waals surface area contributed by atoms with Crippen LogP contribution in [0.3, 0.4) is 0 Å². The molecule has 4 aromatic rings. The van der Waals surface area contributed by atoms with Gasteiger partial charge in [-0.05, 0) is 54.1 Å². The van der Waals surface area contributed by atoms with Gasteiger partial charge in [-0.25, -0.2) is 0 Å². The minimum Gasteiger partial charge on any atom is -0.497 e. The molecule has 3 heterocycles. The molecule has 8 heteroatoms. The van der Waals surface area contributed by atoms with Crippen molar-refractivity contribution in [1.82, 2.24) is 19.7 Å². The van der Waals surface area contributed by atoms with Gasteiger partial charge >= 0.3 is 0 Å². The first kappa shape index (κ1) is 23.7. The number of fused-ring (bicyclic) bond motifs is 1. The van der Waals surface area contributed by atoms with E-state index in [1.165, 1.54) is 4.90 Å². The summed E-state index contributed by atoms with van der Waals surface area (Å²) in [7, 11) is 1.60. The van der Waals surface area contributed by atoms with Crippen LogP contribution < -0.4 is 4.74 Å². The Labute approximate surface area is 214 Å². The van der Waals surface area contributed by atoms with Crippen molar-refractivity contribution in [2.75, 3.05) is 7.11 Å². The zero-order valence-corrected chi connectivity index (χ0v) is 20.2. The van der Waals surface area contributed by atoms with Crippen LogP contribution in [0, 0.1) is 11.3 Å². The molecule has 37 heavy (non-hydrogen) atoms. The summed E-state index contributed by atoms with van der Waals surface area (Å²) in [6, 6.07) is 22.1. The number of imide groups is 1. The Hall–Kier alpha value is -5.03. The highest BCUT2D eigenvalue weighted by molar-refractivity contribution is 6.33. The standard InChI is InChI=1S/C29H23N5O3/c1-37-23-12-10-20(11-13-23)27-21(18-33(32-27)16-6-14-30)17-26-24-8-2-3-9-25(24)28(35)34(29(26)36)19-22-7-4-5-15-31-22/h2-5,7-13,15,17-18H,6,16,19H2,1H3/b26-17+. The highest BCUT2D eigenvalue weighted by Gasteiger charge is 2.35. The van der Waals surface area contributed by atoms with Crippen LogP contribution in [0.2, 0.25) is 0 Å². The van der Waals surface area contributed by atoms with Crippen LogP contribution in [0.1, 0.15) is 33.6 Å². The van der Waals surface area contributed by atoms with E-state index < -0.39 is 5.91 Å². The van der Waals surface area contributed by atoms with Gasteiger partial charge < -0.3 is 4.74 Å². The van der Waals surface area contributed by atoms with Crippen LogP contribution in [0.4, 0.5) is 0 Å². The van der Waals surface area contributed by atoms with E-state index in [9.17, 15) is 9.59 Å². The van der Waals surface area contributed by atoms with Gasteiger partial charge in [-0.2, -0.15) is 10.4 Å². The first-order valence-electron chi connectivity index (χ1n) is 11.7. The Morgan fingerprint density at radius 3 is 2.43 bits per heavy atom. The lowest BCUT2D eigenvalue weighted by Gasteiger charge is -2.28. The number of aromatic nitrogens is 3. The molecular weight excluding hydrogens is 466 g/mol. The Morgan fingerprint density at radius 1 is 0.973 bits per heavy atom. The summed E-state index contributed by atoms with van der Waals surface area (Å²) in [5, 5.41) is 13.8. The van der Waals surface area contributed by atoms with Crippen LogP contribution in [0.25, 0.3) is 22.9 Å². The molecule has 8 nitrogen and oxygen atoms in total. The molecule has 5 rings (SSSR count). The molecule has 0 saturated heterocycles. The second-order valence-electron chi connectivity index (χ2n) is 8.45. The number of carbonyl (C=O) groups is 2. The van der Waals surface area contributed by atoms with Crippen molar-refractivity contribution in [2.24, 2.45) is 0 Å². The average molecular weight is 490 g/mol. The van der Waals surface area contributed by atoms with Gasteiger partial charge in [0.25, 0.3) is 11.8 Å². The topological polar surface area (TPSA) is 101 Å². The Morgan fingerprint density at radius 2 is 1.73 bits per heavy atom. The van der Waals surface area contributed by atoms with Gasteiger partial charge in [-0.1, -0.05) is 24.3 Å². The molecule has 1 aliphatic heterocycles. The first-order chi connectivity index (χ1) is 18.1. The molecule has 0 aliphatic carbocycles. The summed E-state index contributed by atoms with van der Waals surface area (Å²) < 4.78 is 6.98. The largest absolute Gasteiger partial charge is 0.497 e. The quantitative estimate of drug-likeness (QED) is 0.278. The van der Waals surface area contributed by atoms with E-state index in [1.54, 1.807) is 54.4 Å². The third-order valence-corrected chi connectivity index (χ3v) is 6.12. The number of hydrogen-bond donors (Lipinski definition) is 0. The van der Waals surface area contributed by atoms with Crippen LogP contribution in [0.15, 0.2) is 79.1 Å². The van der Waals surface area contributed by atoms with Gasteiger partial charge in [0.2, 0.25) is 0 Å². The van der Waals surface area contributed by atoms with Crippen molar-refractivity contribution in [3.8, 4) is 23.1 Å². The zero-order valence-electron chi connectivity index (χ0n) is 20.2. The molecular formula is C29H23N5O3. The molecule has 2 aromatic carbocycles. The van der Waals surface area contributed by atoms with E-state index in [4.69, 9.17) is 15.1 Å². The molecule has 1 aliphatic rings. The lowest BCUT2D eigenvalue weighted by molar-refractivity contribution is -0.123. The van der Waals surface area contributed by atoms with Crippen LogP contribution in [-0.4, -0.2) is 38.6 Å².